The fraction of sp³-hybridized carbons (Fsp3) is 0.533. The zero-order chi connectivity index (χ0) is 12.7. The van der Waals surface area contributed by atoms with Gasteiger partial charge in [0.15, 0.2) is 0 Å². The Balaban J connectivity index is 1.65. The summed E-state index contributed by atoms with van der Waals surface area (Å²) in [7, 11) is 0. The van der Waals surface area contributed by atoms with Gasteiger partial charge in [-0.25, -0.2) is 0 Å². The zero-order valence-electron chi connectivity index (χ0n) is 10.5. The molecule has 96 valence electrons. The van der Waals surface area contributed by atoms with Crippen molar-refractivity contribution in [2.45, 2.75) is 31.1 Å². The minimum absolute atomic E-state index is 0.0913. The predicted octanol–water partition coefficient (Wildman–Crippen LogP) is 2.97. The summed E-state index contributed by atoms with van der Waals surface area (Å²) in [5.41, 5.74) is 0.738. The second kappa shape index (κ2) is 4.71. The van der Waals surface area contributed by atoms with Gasteiger partial charge in [-0.2, -0.15) is 0 Å². The molecule has 0 aromatic heterocycles. The van der Waals surface area contributed by atoms with E-state index in [9.17, 15) is 9.90 Å². The van der Waals surface area contributed by atoms with Gasteiger partial charge in [0.25, 0.3) is 0 Å². The molecule has 0 radical (unpaired) electrons. The third-order valence-corrected chi connectivity index (χ3v) is 5.74. The molecule has 0 saturated heterocycles. The summed E-state index contributed by atoms with van der Waals surface area (Å²) in [4.78, 5) is 12.1. The number of carbonyl (C=O) groups excluding carboxylic acids is 1. The van der Waals surface area contributed by atoms with Gasteiger partial charge in [0.1, 0.15) is 0 Å². The van der Waals surface area contributed by atoms with Gasteiger partial charge in [-0.3, -0.25) is 4.79 Å². The van der Waals surface area contributed by atoms with Crippen LogP contribution in [0, 0.1) is 17.8 Å². The van der Waals surface area contributed by atoms with E-state index in [0.29, 0.717) is 11.8 Å². The molecular weight excluding hydrogens is 244 g/mol. The first-order valence-electron chi connectivity index (χ1n) is 6.61. The molecule has 2 aliphatic carbocycles. The average Bonchev–Trinajstić information content (AvgIpc) is 2.63. The molecule has 2 saturated carbocycles. The van der Waals surface area contributed by atoms with E-state index in [2.05, 4.69) is 6.92 Å². The lowest BCUT2D eigenvalue weighted by Crippen LogP contribution is -2.36. The summed E-state index contributed by atoms with van der Waals surface area (Å²) in [6.07, 6.45) is 1.84. The van der Waals surface area contributed by atoms with E-state index in [0.717, 1.165) is 24.3 Å². The van der Waals surface area contributed by atoms with Gasteiger partial charge < -0.3 is 5.11 Å². The Hall–Kier alpha value is -0.800. The Morgan fingerprint density at radius 1 is 1.22 bits per heavy atom. The molecule has 1 aromatic rings. The van der Waals surface area contributed by atoms with Crippen molar-refractivity contribution in [3.05, 3.63) is 35.9 Å². The minimum Gasteiger partial charge on any atom is -0.392 e. The summed E-state index contributed by atoms with van der Waals surface area (Å²) in [5, 5.41) is 10.4. The second-order valence-electron chi connectivity index (χ2n) is 5.58. The van der Waals surface area contributed by atoms with Crippen LogP contribution in [-0.2, 0) is 0 Å². The highest BCUT2D eigenvalue weighted by molar-refractivity contribution is 8.14. The van der Waals surface area contributed by atoms with Crippen LogP contribution < -0.4 is 0 Å². The zero-order valence-corrected chi connectivity index (χ0v) is 11.3. The number of benzene rings is 1. The number of thioether (sulfide) groups is 1. The van der Waals surface area contributed by atoms with Crippen LogP contribution in [0.4, 0.5) is 0 Å². The Bertz CT molecular complexity index is 445. The molecule has 18 heavy (non-hydrogen) atoms. The maximum atomic E-state index is 12.1. The molecule has 1 unspecified atom stereocenters. The van der Waals surface area contributed by atoms with Gasteiger partial charge in [-0.1, -0.05) is 49.0 Å². The standard InChI is InChI=1S/C15H18O2S/c1-9-7-12-11(9)8-13(14(12)16)18-15(17)10-5-3-2-4-6-10/h2-6,9,11-14,16H,7-8H2,1H3/t9-,11-,12+,13-,14?/m1/s1. The van der Waals surface area contributed by atoms with Gasteiger partial charge in [0.05, 0.1) is 6.10 Å². The van der Waals surface area contributed by atoms with E-state index in [4.69, 9.17) is 0 Å². The van der Waals surface area contributed by atoms with Crippen LogP contribution in [0.3, 0.4) is 0 Å². The SMILES string of the molecule is C[C@@H]1C[C@@H]2C(O)[C@H](SC(=O)c3ccccc3)C[C@H]12. The monoisotopic (exact) mass is 262 g/mol. The number of hydrogen-bond acceptors (Lipinski definition) is 3. The van der Waals surface area contributed by atoms with Crippen LogP contribution in [0.2, 0.25) is 0 Å². The summed E-state index contributed by atoms with van der Waals surface area (Å²) < 4.78 is 0. The van der Waals surface area contributed by atoms with Crippen molar-refractivity contribution < 1.29 is 9.90 Å². The average molecular weight is 262 g/mol. The Kier molecular flexibility index (Phi) is 3.20. The molecule has 5 atom stereocenters. The van der Waals surface area contributed by atoms with E-state index < -0.39 is 0 Å². The van der Waals surface area contributed by atoms with Crippen LogP contribution in [0.15, 0.2) is 30.3 Å². The quantitative estimate of drug-likeness (QED) is 0.890. The first kappa shape index (κ1) is 12.2. The largest absolute Gasteiger partial charge is 0.392 e. The molecule has 2 fully saturated rings. The van der Waals surface area contributed by atoms with Crippen LogP contribution in [0.25, 0.3) is 0 Å². The lowest BCUT2D eigenvalue weighted by atomic mass is 9.67. The number of rotatable bonds is 2. The van der Waals surface area contributed by atoms with Crippen molar-refractivity contribution in [3.63, 3.8) is 0 Å². The molecular formula is C15H18O2S. The molecule has 0 bridgehead atoms. The molecule has 1 aromatic carbocycles. The van der Waals surface area contributed by atoms with Crippen LogP contribution >= 0.6 is 11.8 Å². The lowest BCUT2D eigenvalue weighted by Gasteiger charge is -2.39. The van der Waals surface area contributed by atoms with E-state index in [1.54, 1.807) is 0 Å². The number of hydrogen-bond donors (Lipinski definition) is 1. The first-order chi connectivity index (χ1) is 8.66. The molecule has 0 heterocycles. The van der Waals surface area contributed by atoms with Crippen molar-refractivity contribution in [1.29, 1.82) is 0 Å². The maximum absolute atomic E-state index is 12.1. The molecule has 0 aliphatic heterocycles. The number of aliphatic hydroxyl groups is 1. The Morgan fingerprint density at radius 2 is 1.94 bits per heavy atom. The summed E-state index contributed by atoms with van der Waals surface area (Å²) in [6.45, 7) is 2.25. The highest BCUT2D eigenvalue weighted by Gasteiger charge is 2.51. The Labute approximate surface area is 112 Å². The van der Waals surface area contributed by atoms with E-state index in [1.807, 2.05) is 30.3 Å². The van der Waals surface area contributed by atoms with Crippen LogP contribution in [-0.4, -0.2) is 21.6 Å². The molecule has 3 rings (SSSR count). The normalized spacial score (nSPS) is 38.0. The topological polar surface area (TPSA) is 37.3 Å². The molecule has 3 heteroatoms. The number of fused-ring (bicyclic) bond motifs is 1. The third kappa shape index (κ3) is 1.99. The number of carbonyl (C=O) groups is 1. The second-order valence-corrected chi connectivity index (χ2v) is 6.79. The summed E-state index contributed by atoms with van der Waals surface area (Å²) in [5.74, 6) is 1.81. The third-order valence-electron chi connectivity index (χ3n) is 4.52. The molecule has 2 nitrogen and oxygen atoms in total. The fourth-order valence-electron chi connectivity index (χ4n) is 3.39. The van der Waals surface area contributed by atoms with Crippen molar-refractivity contribution in [2.24, 2.45) is 17.8 Å². The highest BCUT2D eigenvalue weighted by Crippen LogP contribution is 2.54. The minimum atomic E-state index is -0.288. The predicted molar refractivity (Wildman–Crippen MR) is 73.5 cm³/mol. The molecule has 0 amide bonds. The van der Waals surface area contributed by atoms with E-state index in [1.165, 1.54) is 11.8 Å². The van der Waals surface area contributed by atoms with Crippen molar-refractivity contribution in [1.82, 2.24) is 0 Å². The van der Waals surface area contributed by atoms with Crippen LogP contribution in [0.5, 0.6) is 0 Å². The van der Waals surface area contributed by atoms with Gasteiger partial charge in [-0.05, 0) is 30.6 Å². The smallest absolute Gasteiger partial charge is 0.219 e. The van der Waals surface area contributed by atoms with Gasteiger partial charge >= 0.3 is 0 Å². The van der Waals surface area contributed by atoms with Crippen molar-refractivity contribution >= 4 is 16.9 Å². The van der Waals surface area contributed by atoms with Gasteiger partial charge in [0.2, 0.25) is 5.12 Å². The molecule has 2 aliphatic rings. The van der Waals surface area contributed by atoms with Crippen LogP contribution in [0.1, 0.15) is 30.1 Å². The number of aliphatic hydroxyl groups excluding tert-OH is 1. The molecule has 1 N–H and O–H groups in total. The summed E-state index contributed by atoms with van der Waals surface area (Å²) >= 11 is 1.33. The highest BCUT2D eigenvalue weighted by atomic mass is 32.2. The van der Waals surface area contributed by atoms with Gasteiger partial charge in [0, 0.05) is 10.8 Å². The van der Waals surface area contributed by atoms with Gasteiger partial charge in [-0.15, -0.1) is 0 Å². The summed E-state index contributed by atoms with van der Waals surface area (Å²) in [6, 6.07) is 9.35. The lowest BCUT2D eigenvalue weighted by molar-refractivity contribution is 0.0267. The maximum Gasteiger partial charge on any atom is 0.219 e. The fourth-order valence-corrected chi connectivity index (χ4v) is 4.59. The first-order valence-corrected chi connectivity index (χ1v) is 7.49. The van der Waals surface area contributed by atoms with E-state index in [-0.39, 0.29) is 16.5 Å². The Morgan fingerprint density at radius 3 is 2.56 bits per heavy atom. The van der Waals surface area contributed by atoms with Crippen molar-refractivity contribution in [3.8, 4) is 0 Å². The van der Waals surface area contributed by atoms with E-state index >= 15 is 0 Å². The molecule has 0 spiro atoms. The van der Waals surface area contributed by atoms with Crippen molar-refractivity contribution in [2.75, 3.05) is 0 Å².